The van der Waals surface area contributed by atoms with Gasteiger partial charge in [-0.15, -0.1) is 13.2 Å². The molecule has 9 heteroatoms. The summed E-state index contributed by atoms with van der Waals surface area (Å²) in [5.74, 6) is 0. The van der Waals surface area contributed by atoms with Crippen LogP contribution in [-0.2, 0) is 16.5 Å². The number of benzene rings is 3. The molecule has 0 amide bonds. The van der Waals surface area contributed by atoms with Gasteiger partial charge in [-0.05, 0) is 41.7 Å². The molecule has 0 saturated heterocycles. The van der Waals surface area contributed by atoms with E-state index in [1.807, 2.05) is 66.0 Å². The molecule has 0 N–H and O–H groups in total. The van der Waals surface area contributed by atoms with Crippen LogP contribution in [-0.4, -0.2) is 44.5 Å². The van der Waals surface area contributed by atoms with Crippen LogP contribution < -0.4 is 15.6 Å². The van der Waals surface area contributed by atoms with Crippen LogP contribution in [0.2, 0.25) is 26.2 Å². The highest BCUT2D eigenvalue weighted by Gasteiger charge is 2.35. The Morgan fingerprint density at radius 1 is 0.514 bits per heavy atom. The van der Waals surface area contributed by atoms with Gasteiger partial charge in [0.15, 0.2) is 16.6 Å². The molecule has 0 spiro atoms. The first-order valence-electron chi connectivity index (χ1n) is 11.8. The van der Waals surface area contributed by atoms with E-state index < -0.39 is 44.5 Å². The molecule has 3 rings (SSSR count). The van der Waals surface area contributed by atoms with Crippen LogP contribution in [0.3, 0.4) is 0 Å². The largest absolute Gasteiger partial charge is 0.432 e. The summed E-state index contributed by atoms with van der Waals surface area (Å²) in [5.41, 5.74) is 3.92. The molecule has 3 aromatic rings. The van der Waals surface area contributed by atoms with E-state index in [1.165, 1.54) is 0 Å². The maximum Gasteiger partial charge on any atom is 0.338 e. The summed E-state index contributed by atoms with van der Waals surface area (Å²) in [4.78, 5) is 0. The highest BCUT2D eigenvalue weighted by Crippen LogP contribution is 2.13. The van der Waals surface area contributed by atoms with E-state index in [9.17, 15) is 0 Å². The lowest BCUT2D eigenvalue weighted by molar-refractivity contribution is 0.363. The molecule has 0 aromatic heterocycles. The normalized spacial score (nSPS) is 14.6. The van der Waals surface area contributed by atoms with Gasteiger partial charge in [0.25, 0.3) is 0 Å². The molecule has 0 bridgehead atoms. The second-order valence-electron chi connectivity index (χ2n) is 9.35. The van der Waals surface area contributed by atoms with Gasteiger partial charge in [0.05, 0.1) is 0 Å². The molecule has 2 unspecified atom stereocenters. The predicted octanol–water partition coefficient (Wildman–Crippen LogP) is 3.30. The van der Waals surface area contributed by atoms with Crippen LogP contribution in [0, 0.1) is 0 Å². The Hall–Kier alpha value is -1.94. The fraction of sp³-hybridized carbons (Fsp3) is 0.154. The summed E-state index contributed by atoms with van der Waals surface area (Å²) in [6.45, 7) is 16.6. The summed E-state index contributed by atoms with van der Waals surface area (Å²) in [7, 11) is -11.2. The van der Waals surface area contributed by atoms with E-state index in [1.54, 1.807) is 0 Å². The van der Waals surface area contributed by atoms with Crippen molar-refractivity contribution in [3.8, 4) is 0 Å². The van der Waals surface area contributed by atoms with E-state index in [0.29, 0.717) is 0 Å². The molecule has 4 nitrogen and oxygen atoms in total. The second kappa shape index (κ2) is 12.9. The summed E-state index contributed by atoms with van der Waals surface area (Å²) < 4.78 is 27.2. The molecule has 35 heavy (non-hydrogen) atoms. The molecule has 184 valence electrons. The Balaban J connectivity index is 1.99. The van der Waals surface area contributed by atoms with Crippen LogP contribution in [0.5, 0.6) is 0 Å². The molecule has 2 atom stereocenters. The van der Waals surface area contributed by atoms with E-state index in [2.05, 4.69) is 75.7 Å². The molecule has 0 aliphatic heterocycles. The lowest BCUT2D eigenvalue weighted by atomic mass is 10.4. The Bertz CT molecular complexity index is 997. The lowest BCUT2D eigenvalue weighted by Gasteiger charge is -2.33. The first kappa shape index (κ1) is 27.6. The van der Waals surface area contributed by atoms with Crippen molar-refractivity contribution in [3.05, 3.63) is 116 Å². The van der Waals surface area contributed by atoms with Crippen molar-refractivity contribution in [2.75, 3.05) is 0 Å². The summed E-state index contributed by atoms with van der Waals surface area (Å²) in [5, 5.41) is 3.29. The molecule has 0 saturated carbocycles. The van der Waals surface area contributed by atoms with Crippen molar-refractivity contribution in [1.82, 2.24) is 0 Å². The van der Waals surface area contributed by atoms with E-state index >= 15 is 0 Å². The first-order chi connectivity index (χ1) is 16.7. The maximum atomic E-state index is 6.93. The Morgan fingerprint density at radius 3 is 1.09 bits per heavy atom. The van der Waals surface area contributed by atoms with Gasteiger partial charge in [-0.2, -0.15) is 0 Å². The van der Waals surface area contributed by atoms with E-state index in [0.717, 1.165) is 15.6 Å². The zero-order chi connectivity index (χ0) is 25.3. The van der Waals surface area contributed by atoms with Gasteiger partial charge in [0.2, 0.25) is 0 Å². The smallest absolute Gasteiger partial charge is 0.338 e. The van der Waals surface area contributed by atoms with E-state index in [4.69, 9.17) is 16.5 Å². The molecular weight excluding hydrogens is 517 g/mol. The molecule has 3 aromatic carbocycles. The van der Waals surface area contributed by atoms with Gasteiger partial charge in [-0.1, -0.05) is 102 Å². The fourth-order valence-corrected chi connectivity index (χ4v) is 17.7. The summed E-state index contributed by atoms with van der Waals surface area (Å²) >= 11 is 0. The van der Waals surface area contributed by atoms with Crippen molar-refractivity contribution >= 4 is 60.0 Å². The zero-order valence-electron chi connectivity index (χ0n) is 21.1. The summed E-state index contributed by atoms with van der Waals surface area (Å²) in [6.07, 6.45) is 0. The monoisotopic (exact) mass is 552 g/mol. The fourth-order valence-electron chi connectivity index (χ4n) is 3.24. The van der Waals surface area contributed by atoms with Crippen molar-refractivity contribution in [3.63, 3.8) is 0 Å². The standard InChI is InChI=1S/C26H36O4Si5/c1-7-34(3,4)29-32(25-20-14-10-15-21-25)27-31(24-18-12-9-13-19-24)28-33(30-35(5,6)8-2)26-22-16-11-17-23-26/h7-23,31-33H,1-2H2,3-6H3. The van der Waals surface area contributed by atoms with Crippen LogP contribution >= 0.6 is 0 Å². The first-order valence-corrected chi connectivity index (χ1v) is 22.3. The van der Waals surface area contributed by atoms with Crippen LogP contribution in [0.25, 0.3) is 0 Å². The zero-order valence-corrected chi connectivity index (χ0v) is 26.6. The van der Waals surface area contributed by atoms with Gasteiger partial charge in [-0.3, -0.25) is 0 Å². The van der Waals surface area contributed by atoms with Gasteiger partial charge in [0, 0.05) is 0 Å². The SMILES string of the molecule is C=C[Si](C)(C)O[SiH](O[SiH](O[SiH](O[Si](C)(C)C=C)c1ccccc1)c1ccccc1)c1ccccc1. The minimum absolute atomic E-state index is 1.08. The van der Waals surface area contributed by atoms with Crippen molar-refractivity contribution in [2.45, 2.75) is 26.2 Å². The second-order valence-corrected chi connectivity index (χ2v) is 24.6. The van der Waals surface area contributed by atoms with Gasteiger partial charge >= 0.3 is 27.9 Å². The third-order valence-electron chi connectivity index (χ3n) is 5.51. The van der Waals surface area contributed by atoms with E-state index in [-0.39, 0.29) is 0 Å². The minimum atomic E-state index is -2.40. The molecule has 0 aliphatic carbocycles. The van der Waals surface area contributed by atoms with Gasteiger partial charge < -0.3 is 16.5 Å². The average molecular weight is 553 g/mol. The van der Waals surface area contributed by atoms with Crippen LogP contribution in [0.4, 0.5) is 0 Å². The third-order valence-corrected chi connectivity index (χ3v) is 20.8. The average Bonchev–Trinajstić information content (AvgIpc) is 2.88. The third kappa shape index (κ3) is 8.60. The number of hydrogen-bond donors (Lipinski definition) is 0. The number of rotatable bonds is 13. The minimum Gasteiger partial charge on any atom is -0.432 e. The van der Waals surface area contributed by atoms with Crippen LogP contribution in [0.1, 0.15) is 0 Å². The highest BCUT2D eigenvalue weighted by molar-refractivity contribution is 6.88. The number of hydrogen-bond acceptors (Lipinski definition) is 4. The predicted molar refractivity (Wildman–Crippen MR) is 159 cm³/mol. The van der Waals surface area contributed by atoms with Gasteiger partial charge in [0.1, 0.15) is 0 Å². The summed E-state index contributed by atoms with van der Waals surface area (Å²) in [6, 6.07) is 30.8. The quantitative estimate of drug-likeness (QED) is 0.305. The van der Waals surface area contributed by atoms with Gasteiger partial charge in [-0.25, -0.2) is 0 Å². The maximum absolute atomic E-state index is 6.93. The van der Waals surface area contributed by atoms with Crippen molar-refractivity contribution < 1.29 is 16.5 Å². The lowest BCUT2D eigenvalue weighted by Crippen LogP contribution is -2.56. The topological polar surface area (TPSA) is 36.9 Å². The van der Waals surface area contributed by atoms with Crippen molar-refractivity contribution in [1.29, 1.82) is 0 Å². The Kier molecular flexibility index (Phi) is 10.2. The Morgan fingerprint density at radius 2 is 0.800 bits per heavy atom. The molecule has 0 aliphatic rings. The Labute approximate surface area is 217 Å². The van der Waals surface area contributed by atoms with Crippen LogP contribution in [0.15, 0.2) is 116 Å². The molecule has 0 heterocycles. The molecular formula is C26H36O4Si5. The molecule has 0 fully saturated rings. The van der Waals surface area contributed by atoms with Crippen molar-refractivity contribution in [2.24, 2.45) is 0 Å². The highest BCUT2D eigenvalue weighted by atomic mass is 28.5. The molecule has 0 radical (unpaired) electrons.